The van der Waals surface area contributed by atoms with Crippen LogP contribution in [0.4, 0.5) is 4.79 Å². The van der Waals surface area contributed by atoms with Crippen molar-refractivity contribution in [1.82, 2.24) is 5.32 Å². The molecule has 0 aromatic rings. The number of aliphatic carboxylic acids is 1. The summed E-state index contributed by atoms with van der Waals surface area (Å²) in [6, 6.07) is 0. The number of alkyl carbamates (subject to hydrolysis) is 1. The number of rotatable bonds is 6. The molecule has 1 atom stereocenters. The summed E-state index contributed by atoms with van der Waals surface area (Å²) in [7, 11) is 0. The molecular formula is C12H24N2O4. The van der Waals surface area contributed by atoms with E-state index in [0.717, 1.165) is 0 Å². The fourth-order valence-electron chi connectivity index (χ4n) is 1.23. The Morgan fingerprint density at radius 1 is 1.22 bits per heavy atom. The monoisotopic (exact) mass is 260 g/mol. The molecular weight excluding hydrogens is 236 g/mol. The third kappa shape index (κ3) is 7.89. The molecule has 0 spiro atoms. The summed E-state index contributed by atoms with van der Waals surface area (Å²) in [6.45, 7) is 7.30. The van der Waals surface area contributed by atoms with E-state index in [4.69, 9.17) is 15.6 Å². The van der Waals surface area contributed by atoms with Crippen molar-refractivity contribution in [2.75, 3.05) is 6.54 Å². The highest BCUT2D eigenvalue weighted by molar-refractivity contribution is 5.77. The second kappa shape index (κ2) is 6.58. The molecule has 18 heavy (non-hydrogen) atoms. The molecule has 0 aliphatic heterocycles. The minimum Gasteiger partial charge on any atom is -0.480 e. The number of nitrogens with one attached hydrogen (secondary N) is 1. The molecule has 0 aromatic heterocycles. The van der Waals surface area contributed by atoms with Crippen molar-refractivity contribution < 1.29 is 19.4 Å². The third-order valence-corrected chi connectivity index (χ3v) is 2.28. The van der Waals surface area contributed by atoms with Crippen LogP contribution in [0.2, 0.25) is 0 Å². The van der Waals surface area contributed by atoms with E-state index >= 15 is 0 Å². The Balaban J connectivity index is 3.70. The van der Waals surface area contributed by atoms with Gasteiger partial charge in [0.25, 0.3) is 0 Å². The number of carbonyl (C=O) groups excluding carboxylic acids is 1. The van der Waals surface area contributed by atoms with Crippen LogP contribution >= 0.6 is 0 Å². The number of unbranched alkanes of at least 4 members (excludes halogenated alkanes) is 1. The zero-order valence-corrected chi connectivity index (χ0v) is 11.6. The maximum Gasteiger partial charge on any atom is 0.407 e. The molecule has 0 heterocycles. The summed E-state index contributed by atoms with van der Waals surface area (Å²) in [5.41, 5.74) is 3.86. The molecule has 0 fully saturated rings. The second-order valence-corrected chi connectivity index (χ2v) is 5.61. The average molecular weight is 260 g/mol. The lowest BCUT2D eigenvalue weighted by molar-refractivity contribution is -0.142. The quantitative estimate of drug-likeness (QED) is 0.628. The lowest BCUT2D eigenvalue weighted by Gasteiger charge is -2.20. The largest absolute Gasteiger partial charge is 0.480 e. The first-order chi connectivity index (χ1) is 8.04. The third-order valence-electron chi connectivity index (χ3n) is 2.28. The summed E-state index contributed by atoms with van der Waals surface area (Å²) in [5.74, 6) is -1.01. The minimum atomic E-state index is -1.20. The SMILES string of the molecule is CC(C)(C)OC(=O)NCCCCC(C)(N)C(=O)O. The van der Waals surface area contributed by atoms with Gasteiger partial charge in [-0.25, -0.2) is 4.79 Å². The van der Waals surface area contributed by atoms with E-state index in [2.05, 4.69) is 5.32 Å². The highest BCUT2D eigenvalue weighted by Gasteiger charge is 2.26. The van der Waals surface area contributed by atoms with Gasteiger partial charge in [-0.3, -0.25) is 4.79 Å². The first kappa shape index (κ1) is 16.7. The number of carbonyl (C=O) groups is 2. The first-order valence-electron chi connectivity index (χ1n) is 6.04. The highest BCUT2D eigenvalue weighted by atomic mass is 16.6. The van der Waals surface area contributed by atoms with Crippen LogP contribution in [-0.2, 0) is 9.53 Å². The molecule has 1 amide bonds. The second-order valence-electron chi connectivity index (χ2n) is 5.61. The van der Waals surface area contributed by atoms with Crippen LogP contribution in [0.3, 0.4) is 0 Å². The molecule has 4 N–H and O–H groups in total. The van der Waals surface area contributed by atoms with E-state index in [0.29, 0.717) is 25.8 Å². The molecule has 6 nitrogen and oxygen atoms in total. The Kier molecular flexibility index (Phi) is 6.11. The van der Waals surface area contributed by atoms with E-state index in [9.17, 15) is 9.59 Å². The zero-order valence-electron chi connectivity index (χ0n) is 11.6. The molecule has 1 unspecified atom stereocenters. The van der Waals surface area contributed by atoms with Crippen LogP contribution in [0.15, 0.2) is 0 Å². The maximum atomic E-state index is 11.3. The van der Waals surface area contributed by atoms with Gasteiger partial charge in [-0.15, -0.1) is 0 Å². The predicted octanol–water partition coefficient (Wildman–Crippen LogP) is 1.48. The van der Waals surface area contributed by atoms with Gasteiger partial charge in [-0.2, -0.15) is 0 Å². The Bertz CT molecular complexity index is 295. The fraction of sp³-hybridized carbons (Fsp3) is 0.833. The molecule has 0 bridgehead atoms. The summed E-state index contributed by atoms with van der Waals surface area (Å²) < 4.78 is 5.05. The molecule has 0 saturated carbocycles. The van der Waals surface area contributed by atoms with Gasteiger partial charge in [-0.05, 0) is 47.0 Å². The number of hydrogen-bond acceptors (Lipinski definition) is 4. The van der Waals surface area contributed by atoms with Crippen LogP contribution in [0.5, 0.6) is 0 Å². The van der Waals surface area contributed by atoms with Gasteiger partial charge in [0.15, 0.2) is 0 Å². The van der Waals surface area contributed by atoms with Crippen LogP contribution in [0, 0.1) is 0 Å². The predicted molar refractivity (Wildman–Crippen MR) is 68.3 cm³/mol. The normalized spacial score (nSPS) is 14.7. The molecule has 0 aromatic carbocycles. The number of carboxylic acid groups (broad SMARTS) is 1. The highest BCUT2D eigenvalue weighted by Crippen LogP contribution is 2.10. The van der Waals surface area contributed by atoms with Crippen molar-refractivity contribution in [1.29, 1.82) is 0 Å². The summed E-state index contributed by atoms with van der Waals surface area (Å²) >= 11 is 0. The summed E-state index contributed by atoms with van der Waals surface area (Å²) in [6.07, 6.45) is 1.21. The van der Waals surface area contributed by atoms with Crippen molar-refractivity contribution in [3.05, 3.63) is 0 Å². The standard InChI is InChI=1S/C12H24N2O4/c1-11(2,3)18-10(17)14-8-6-5-7-12(4,13)9(15)16/h5-8,13H2,1-4H3,(H,14,17)(H,15,16). The van der Waals surface area contributed by atoms with Crippen LogP contribution in [-0.4, -0.2) is 34.9 Å². The summed E-state index contributed by atoms with van der Waals surface area (Å²) in [5, 5.41) is 11.4. The average Bonchev–Trinajstić information content (AvgIpc) is 2.13. The molecule has 106 valence electrons. The van der Waals surface area contributed by atoms with Gasteiger partial charge in [0.1, 0.15) is 11.1 Å². The first-order valence-corrected chi connectivity index (χ1v) is 6.04. The van der Waals surface area contributed by atoms with Crippen molar-refractivity contribution in [3.8, 4) is 0 Å². The fourth-order valence-corrected chi connectivity index (χ4v) is 1.23. The maximum absolute atomic E-state index is 11.3. The Morgan fingerprint density at radius 2 is 1.78 bits per heavy atom. The zero-order chi connectivity index (χ0) is 14.4. The number of nitrogens with two attached hydrogens (primary N) is 1. The molecule has 6 heteroatoms. The van der Waals surface area contributed by atoms with Gasteiger partial charge < -0.3 is 20.9 Å². The Morgan fingerprint density at radius 3 is 2.22 bits per heavy atom. The number of hydrogen-bond donors (Lipinski definition) is 3. The van der Waals surface area contributed by atoms with E-state index in [-0.39, 0.29) is 0 Å². The number of amides is 1. The molecule has 0 aliphatic carbocycles. The smallest absolute Gasteiger partial charge is 0.407 e. The van der Waals surface area contributed by atoms with Gasteiger partial charge in [0.2, 0.25) is 0 Å². The van der Waals surface area contributed by atoms with Crippen molar-refractivity contribution in [2.24, 2.45) is 5.73 Å². The van der Waals surface area contributed by atoms with Crippen molar-refractivity contribution in [3.63, 3.8) is 0 Å². The molecule has 0 rings (SSSR count). The van der Waals surface area contributed by atoms with Gasteiger partial charge in [-0.1, -0.05) is 0 Å². The molecule has 0 radical (unpaired) electrons. The van der Waals surface area contributed by atoms with Gasteiger partial charge >= 0.3 is 12.1 Å². The minimum absolute atomic E-state index is 0.373. The Hall–Kier alpha value is -1.30. The lowest BCUT2D eigenvalue weighted by atomic mass is 9.96. The topological polar surface area (TPSA) is 102 Å². The van der Waals surface area contributed by atoms with Crippen LogP contribution in [0.1, 0.15) is 47.0 Å². The van der Waals surface area contributed by atoms with E-state index in [1.807, 2.05) is 0 Å². The van der Waals surface area contributed by atoms with Gasteiger partial charge in [0.05, 0.1) is 0 Å². The van der Waals surface area contributed by atoms with Gasteiger partial charge in [0, 0.05) is 6.54 Å². The van der Waals surface area contributed by atoms with Crippen LogP contribution in [0.25, 0.3) is 0 Å². The van der Waals surface area contributed by atoms with E-state index in [1.54, 1.807) is 20.8 Å². The van der Waals surface area contributed by atoms with Crippen LogP contribution < -0.4 is 11.1 Å². The number of carboxylic acids is 1. The summed E-state index contributed by atoms with van der Waals surface area (Å²) in [4.78, 5) is 22.0. The lowest BCUT2D eigenvalue weighted by Crippen LogP contribution is -2.44. The van der Waals surface area contributed by atoms with Crippen molar-refractivity contribution >= 4 is 12.1 Å². The van der Waals surface area contributed by atoms with E-state index < -0.39 is 23.2 Å². The Labute approximate surface area is 108 Å². The molecule has 0 saturated heterocycles. The van der Waals surface area contributed by atoms with E-state index in [1.165, 1.54) is 6.92 Å². The molecule has 0 aliphatic rings. The number of ether oxygens (including phenoxy) is 1. The van der Waals surface area contributed by atoms with Crippen molar-refractivity contribution in [2.45, 2.75) is 58.1 Å².